The zero-order valence-electron chi connectivity index (χ0n) is 8.37. The lowest BCUT2D eigenvalue weighted by molar-refractivity contribution is 0.173. The third kappa shape index (κ3) is 2.22. The van der Waals surface area contributed by atoms with Gasteiger partial charge in [-0.3, -0.25) is 0 Å². The van der Waals surface area contributed by atoms with Gasteiger partial charge in [0.25, 0.3) is 0 Å². The Balaban J connectivity index is 2.99. The van der Waals surface area contributed by atoms with Gasteiger partial charge in [-0.25, -0.2) is 0 Å². The van der Waals surface area contributed by atoms with Gasteiger partial charge in [-0.1, -0.05) is 19.1 Å². The first kappa shape index (κ1) is 10.1. The van der Waals surface area contributed by atoms with Crippen molar-refractivity contribution in [2.45, 2.75) is 26.4 Å². The van der Waals surface area contributed by atoms with E-state index in [9.17, 15) is 5.11 Å². The number of aryl methyl sites for hydroxylation is 1. The summed E-state index contributed by atoms with van der Waals surface area (Å²) in [5.74, 6) is 0.838. The molecule has 0 radical (unpaired) electrons. The maximum Gasteiger partial charge on any atom is 0.122 e. The number of ether oxygens (including phenoxy) is 1. The van der Waals surface area contributed by atoms with E-state index in [2.05, 4.69) is 0 Å². The molecule has 0 aromatic heterocycles. The third-order valence-corrected chi connectivity index (χ3v) is 2.20. The van der Waals surface area contributed by atoms with E-state index in [-0.39, 0.29) is 6.10 Å². The summed E-state index contributed by atoms with van der Waals surface area (Å²) in [5.41, 5.74) is 2.01. The van der Waals surface area contributed by atoms with Gasteiger partial charge < -0.3 is 9.84 Å². The molecule has 72 valence electrons. The Morgan fingerprint density at radius 1 is 1.46 bits per heavy atom. The van der Waals surface area contributed by atoms with Gasteiger partial charge in [-0.15, -0.1) is 0 Å². The lowest BCUT2D eigenvalue weighted by Gasteiger charge is -2.11. The molecule has 0 aliphatic carbocycles. The van der Waals surface area contributed by atoms with E-state index in [0.717, 1.165) is 23.3 Å². The molecule has 13 heavy (non-hydrogen) atoms. The minimum atomic E-state index is -0.380. The molecule has 1 aromatic rings. The summed E-state index contributed by atoms with van der Waals surface area (Å²) in [7, 11) is 1.64. The molecule has 1 N–H and O–H groups in total. The molecule has 0 saturated carbocycles. The van der Waals surface area contributed by atoms with E-state index < -0.39 is 0 Å². The van der Waals surface area contributed by atoms with E-state index in [1.165, 1.54) is 0 Å². The van der Waals surface area contributed by atoms with Gasteiger partial charge in [0.2, 0.25) is 0 Å². The third-order valence-electron chi connectivity index (χ3n) is 2.20. The van der Waals surface area contributed by atoms with Crippen molar-refractivity contribution >= 4 is 0 Å². The van der Waals surface area contributed by atoms with Crippen LogP contribution in [0.5, 0.6) is 5.75 Å². The largest absolute Gasteiger partial charge is 0.496 e. The molecule has 1 atom stereocenters. The van der Waals surface area contributed by atoms with Crippen LogP contribution in [0, 0.1) is 6.92 Å². The van der Waals surface area contributed by atoms with Gasteiger partial charge in [-0.05, 0) is 30.5 Å². The molecule has 2 nitrogen and oxygen atoms in total. The first-order valence-corrected chi connectivity index (χ1v) is 4.51. The quantitative estimate of drug-likeness (QED) is 0.774. The highest BCUT2D eigenvalue weighted by molar-refractivity contribution is 5.37. The monoisotopic (exact) mass is 180 g/mol. The van der Waals surface area contributed by atoms with Crippen LogP contribution in [-0.4, -0.2) is 12.2 Å². The molecule has 2 heteroatoms. The van der Waals surface area contributed by atoms with Gasteiger partial charge >= 0.3 is 0 Å². The van der Waals surface area contributed by atoms with Crippen molar-refractivity contribution in [2.75, 3.05) is 7.11 Å². The molecule has 0 aliphatic rings. The fourth-order valence-corrected chi connectivity index (χ4v) is 1.28. The Labute approximate surface area is 79.2 Å². The van der Waals surface area contributed by atoms with Crippen LogP contribution in [-0.2, 0) is 0 Å². The predicted octanol–water partition coefficient (Wildman–Crippen LogP) is 2.45. The number of hydrogen-bond donors (Lipinski definition) is 1. The summed E-state index contributed by atoms with van der Waals surface area (Å²) < 4.78 is 5.17. The summed E-state index contributed by atoms with van der Waals surface area (Å²) in [6, 6.07) is 5.79. The molecule has 1 aromatic carbocycles. The molecule has 0 bridgehead atoms. The maximum absolute atomic E-state index is 9.58. The minimum Gasteiger partial charge on any atom is -0.496 e. The van der Waals surface area contributed by atoms with Gasteiger partial charge in [0.05, 0.1) is 13.2 Å². The Bertz CT molecular complexity index is 281. The molecule has 0 fully saturated rings. The molecule has 0 spiro atoms. The van der Waals surface area contributed by atoms with Crippen LogP contribution in [0.1, 0.15) is 30.6 Å². The van der Waals surface area contributed by atoms with Crippen LogP contribution in [0.2, 0.25) is 0 Å². The Kier molecular flexibility index (Phi) is 3.32. The summed E-state index contributed by atoms with van der Waals surface area (Å²) >= 11 is 0. The smallest absolute Gasteiger partial charge is 0.122 e. The Morgan fingerprint density at radius 3 is 2.69 bits per heavy atom. The summed E-state index contributed by atoms with van der Waals surface area (Å²) in [6.07, 6.45) is 0.348. The number of aliphatic hydroxyl groups excluding tert-OH is 1. The van der Waals surface area contributed by atoms with Crippen LogP contribution in [0.3, 0.4) is 0 Å². The van der Waals surface area contributed by atoms with Crippen LogP contribution >= 0.6 is 0 Å². The second-order valence-corrected chi connectivity index (χ2v) is 3.15. The first-order valence-electron chi connectivity index (χ1n) is 4.51. The number of hydrogen-bond acceptors (Lipinski definition) is 2. The van der Waals surface area contributed by atoms with E-state index >= 15 is 0 Å². The van der Waals surface area contributed by atoms with Gasteiger partial charge in [0.15, 0.2) is 0 Å². The van der Waals surface area contributed by atoms with E-state index in [0.29, 0.717) is 0 Å². The fraction of sp³-hybridized carbons (Fsp3) is 0.455. The lowest BCUT2D eigenvalue weighted by atomic mass is 10.0. The standard InChI is InChI=1S/C11H16O2/c1-4-10(12)9-6-5-8(2)11(7-9)13-3/h5-7,10,12H,4H2,1-3H3. The number of methoxy groups -OCH3 is 1. The minimum absolute atomic E-state index is 0.380. The highest BCUT2D eigenvalue weighted by Crippen LogP contribution is 2.24. The molecule has 0 heterocycles. The molecular formula is C11H16O2. The van der Waals surface area contributed by atoms with Crippen LogP contribution in [0.15, 0.2) is 18.2 Å². The zero-order valence-corrected chi connectivity index (χ0v) is 8.37. The highest BCUT2D eigenvalue weighted by atomic mass is 16.5. The average Bonchev–Trinajstić information content (AvgIpc) is 2.17. The van der Waals surface area contributed by atoms with Crippen molar-refractivity contribution in [3.05, 3.63) is 29.3 Å². The van der Waals surface area contributed by atoms with E-state index in [1.807, 2.05) is 32.0 Å². The Morgan fingerprint density at radius 2 is 2.15 bits per heavy atom. The number of aliphatic hydroxyl groups is 1. The highest BCUT2D eigenvalue weighted by Gasteiger charge is 2.06. The SMILES string of the molecule is CCC(O)c1ccc(C)c(OC)c1. The van der Waals surface area contributed by atoms with Crippen molar-refractivity contribution < 1.29 is 9.84 Å². The Hall–Kier alpha value is -1.02. The maximum atomic E-state index is 9.58. The van der Waals surface area contributed by atoms with Gasteiger partial charge in [0, 0.05) is 0 Å². The van der Waals surface area contributed by atoms with Crippen molar-refractivity contribution in [2.24, 2.45) is 0 Å². The van der Waals surface area contributed by atoms with E-state index in [1.54, 1.807) is 7.11 Å². The van der Waals surface area contributed by atoms with Gasteiger partial charge in [-0.2, -0.15) is 0 Å². The molecule has 0 amide bonds. The van der Waals surface area contributed by atoms with Crippen LogP contribution < -0.4 is 4.74 Å². The first-order chi connectivity index (χ1) is 6.19. The predicted molar refractivity (Wildman–Crippen MR) is 53.0 cm³/mol. The van der Waals surface area contributed by atoms with Crippen LogP contribution in [0.4, 0.5) is 0 Å². The van der Waals surface area contributed by atoms with Crippen molar-refractivity contribution in [3.8, 4) is 5.75 Å². The lowest BCUT2D eigenvalue weighted by Crippen LogP contribution is -1.96. The molecule has 1 unspecified atom stereocenters. The summed E-state index contributed by atoms with van der Waals surface area (Å²) in [5, 5.41) is 9.58. The van der Waals surface area contributed by atoms with Crippen molar-refractivity contribution in [1.29, 1.82) is 0 Å². The molecule has 0 aliphatic heterocycles. The molecule has 0 saturated heterocycles. The van der Waals surface area contributed by atoms with Crippen molar-refractivity contribution in [1.82, 2.24) is 0 Å². The second kappa shape index (κ2) is 4.28. The summed E-state index contributed by atoms with van der Waals surface area (Å²) in [6.45, 7) is 3.94. The summed E-state index contributed by atoms with van der Waals surface area (Å²) in [4.78, 5) is 0. The topological polar surface area (TPSA) is 29.5 Å². The van der Waals surface area contributed by atoms with E-state index in [4.69, 9.17) is 4.74 Å². The second-order valence-electron chi connectivity index (χ2n) is 3.15. The van der Waals surface area contributed by atoms with Crippen LogP contribution in [0.25, 0.3) is 0 Å². The van der Waals surface area contributed by atoms with Crippen molar-refractivity contribution in [3.63, 3.8) is 0 Å². The average molecular weight is 180 g/mol. The number of benzene rings is 1. The normalized spacial score (nSPS) is 12.6. The molecule has 1 rings (SSSR count). The molecular weight excluding hydrogens is 164 g/mol. The fourth-order valence-electron chi connectivity index (χ4n) is 1.28. The zero-order chi connectivity index (χ0) is 9.84. The number of rotatable bonds is 3. The van der Waals surface area contributed by atoms with Gasteiger partial charge in [0.1, 0.15) is 5.75 Å².